The average molecular weight is 465 g/mol. The van der Waals surface area contributed by atoms with Crippen molar-refractivity contribution in [3.63, 3.8) is 0 Å². The summed E-state index contributed by atoms with van der Waals surface area (Å²) in [4.78, 5) is 31.7. The topological polar surface area (TPSA) is 67.2 Å². The summed E-state index contributed by atoms with van der Waals surface area (Å²) in [5.74, 6) is -0.258. The van der Waals surface area contributed by atoms with E-state index in [1.54, 1.807) is 30.5 Å². The summed E-state index contributed by atoms with van der Waals surface area (Å²) in [6.07, 6.45) is 3.35. The third-order valence-corrected chi connectivity index (χ3v) is 6.11. The molecule has 4 rings (SSSR count). The Balaban J connectivity index is 1.77. The fourth-order valence-electron chi connectivity index (χ4n) is 3.70. The smallest absolute Gasteiger partial charge is 0.270 e. The number of rotatable bonds is 3. The van der Waals surface area contributed by atoms with Crippen molar-refractivity contribution in [3.05, 3.63) is 81.3 Å². The van der Waals surface area contributed by atoms with Crippen LogP contribution < -0.4 is 10.2 Å². The molecule has 1 saturated heterocycles. The predicted molar refractivity (Wildman–Crippen MR) is 130 cm³/mol. The average Bonchev–Trinajstić information content (AvgIpc) is 3.00. The third-order valence-electron chi connectivity index (χ3n) is 5.42. The maximum Gasteiger partial charge on any atom is 0.270 e. The molecule has 1 N–H and O–H groups in total. The van der Waals surface area contributed by atoms with Gasteiger partial charge in [-0.25, -0.2) is 4.98 Å². The van der Waals surface area contributed by atoms with Gasteiger partial charge in [0, 0.05) is 22.6 Å². The zero-order chi connectivity index (χ0) is 23.2. The number of nitrogens with one attached hydrogen (secondary N) is 1. The molecule has 0 atom stereocenters. The number of amides is 2. The van der Waals surface area contributed by atoms with Gasteiger partial charge in [0.2, 0.25) is 0 Å². The minimum atomic E-state index is -0.534. The highest BCUT2D eigenvalue weighted by atomic mass is 35.5. The molecule has 32 heavy (non-hydrogen) atoms. The largest absolute Gasteiger partial charge is 0.303 e. The molecule has 162 valence electrons. The molecule has 0 saturated carbocycles. The molecule has 2 aromatic heterocycles. The van der Waals surface area contributed by atoms with Crippen LogP contribution in [0.15, 0.2) is 48.2 Å². The number of carbonyl (C=O) groups is 2. The lowest BCUT2D eigenvalue weighted by molar-refractivity contribution is -0.122. The zero-order valence-corrected chi connectivity index (χ0v) is 19.6. The maximum absolute atomic E-state index is 13.3. The van der Waals surface area contributed by atoms with Gasteiger partial charge in [0.15, 0.2) is 5.11 Å². The van der Waals surface area contributed by atoms with Crippen molar-refractivity contribution in [1.29, 1.82) is 0 Å². The summed E-state index contributed by atoms with van der Waals surface area (Å²) < 4.78 is 1.99. The summed E-state index contributed by atoms with van der Waals surface area (Å²) in [6.45, 7) is 7.75. The molecule has 3 heterocycles. The Morgan fingerprint density at radius 1 is 1.06 bits per heavy atom. The van der Waals surface area contributed by atoms with Crippen molar-refractivity contribution in [2.45, 2.75) is 27.7 Å². The van der Waals surface area contributed by atoms with E-state index in [9.17, 15) is 9.59 Å². The molecule has 0 bridgehead atoms. The fraction of sp³-hybridized carbons (Fsp3) is 0.167. The Kier molecular flexibility index (Phi) is 5.71. The summed E-state index contributed by atoms with van der Waals surface area (Å²) in [5, 5.41) is 3.14. The molecule has 0 unspecified atom stereocenters. The normalized spacial score (nSPS) is 15.5. The molecule has 1 fully saturated rings. The number of thiocarbonyl (C=S) groups is 1. The monoisotopic (exact) mass is 464 g/mol. The van der Waals surface area contributed by atoms with Gasteiger partial charge in [0.05, 0.1) is 5.69 Å². The van der Waals surface area contributed by atoms with Gasteiger partial charge in [-0.3, -0.25) is 19.8 Å². The molecule has 8 heteroatoms. The first-order valence-electron chi connectivity index (χ1n) is 9.97. The van der Waals surface area contributed by atoms with Gasteiger partial charge < -0.3 is 4.57 Å². The zero-order valence-electron chi connectivity index (χ0n) is 18.1. The summed E-state index contributed by atoms with van der Waals surface area (Å²) in [7, 11) is 0. The van der Waals surface area contributed by atoms with Crippen LogP contribution in [0.5, 0.6) is 0 Å². The van der Waals surface area contributed by atoms with Crippen LogP contribution in [0.25, 0.3) is 11.9 Å². The fourth-order valence-corrected chi connectivity index (χ4v) is 4.15. The van der Waals surface area contributed by atoms with Crippen molar-refractivity contribution >= 4 is 52.5 Å². The molecule has 6 nitrogen and oxygen atoms in total. The minimum absolute atomic E-state index is 0.00671. The van der Waals surface area contributed by atoms with Crippen LogP contribution in [0, 0.1) is 27.7 Å². The first-order valence-corrected chi connectivity index (χ1v) is 10.8. The first-order chi connectivity index (χ1) is 15.2. The second-order valence-electron chi connectivity index (χ2n) is 7.74. The number of aryl methyl sites for hydroxylation is 3. The highest BCUT2D eigenvalue weighted by Crippen LogP contribution is 2.28. The second-order valence-corrected chi connectivity index (χ2v) is 8.54. The molecule has 1 aliphatic heterocycles. The molecular weight excluding hydrogens is 444 g/mol. The van der Waals surface area contributed by atoms with Crippen molar-refractivity contribution in [3.8, 4) is 5.82 Å². The first kappa shape index (κ1) is 21.9. The van der Waals surface area contributed by atoms with Crippen molar-refractivity contribution in [1.82, 2.24) is 14.9 Å². The van der Waals surface area contributed by atoms with Crippen LogP contribution in [0.1, 0.15) is 28.1 Å². The Hall–Kier alpha value is -3.29. The van der Waals surface area contributed by atoms with E-state index < -0.39 is 11.8 Å². The van der Waals surface area contributed by atoms with E-state index in [-0.39, 0.29) is 10.7 Å². The van der Waals surface area contributed by atoms with Gasteiger partial charge in [-0.1, -0.05) is 17.7 Å². The van der Waals surface area contributed by atoms with Crippen LogP contribution in [0.2, 0.25) is 5.02 Å². The highest BCUT2D eigenvalue weighted by Gasteiger charge is 2.35. The van der Waals surface area contributed by atoms with Crippen LogP contribution in [0.3, 0.4) is 0 Å². The molecule has 1 aromatic carbocycles. The number of benzene rings is 1. The lowest BCUT2D eigenvalue weighted by Crippen LogP contribution is -2.54. The van der Waals surface area contributed by atoms with Gasteiger partial charge in [0.25, 0.3) is 11.8 Å². The highest BCUT2D eigenvalue weighted by molar-refractivity contribution is 7.80. The van der Waals surface area contributed by atoms with Crippen LogP contribution in [-0.4, -0.2) is 26.5 Å². The van der Waals surface area contributed by atoms with Crippen molar-refractivity contribution < 1.29 is 9.59 Å². The van der Waals surface area contributed by atoms with Crippen LogP contribution in [-0.2, 0) is 9.59 Å². The number of pyridine rings is 1. The number of nitrogens with zero attached hydrogens (tertiary/aromatic N) is 3. The molecule has 0 aliphatic carbocycles. The van der Waals surface area contributed by atoms with E-state index in [1.165, 1.54) is 4.90 Å². The van der Waals surface area contributed by atoms with Crippen LogP contribution in [0.4, 0.5) is 5.69 Å². The number of hydrogen-bond acceptors (Lipinski definition) is 4. The Labute approximate surface area is 196 Å². The van der Waals surface area contributed by atoms with Gasteiger partial charge in [-0.2, -0.15) is 0 Å². The Morgan fingerprint density at radius 3 is 2.50 bits per heavy atom. The minimum Gasteiger partial charge on any atom is -0.303 e. The number of halogens is 1. The van der Waals surface area contributed by atoms with E-state index in [2.05, 4.69) is 10.3 Å². The van der Waals surface area contributed by atoms with Gasteiger partial charge in [0.1, 0.15) is 11.4 Å². The summed E-state index contributed by atoms with van der Waals surface area (Å²) >= 11 is 11.5. The van der Waals surface area contributed by atoms with E-state index in [4.69, 9.17) is 23.8 Å². The summed E-state index contributed by atoms with van der Waals surface area (Å²) in [6, 6.07) is 11.0. The lowest BCUT2D eigenvalue weighted by atomic mass is 10.1. The molecule has 1 aliphatic rings. The standard InChI is InChI=1S/C24H21ClN4O2S/c1-13-7-8-26-21(9-13)28-15(3)10-17(16(28)4)11-19-22(30)27-24(32)29(23(19)31)18-6-5-14(2)20(25)12-18/h5-12H,1-4H3,(H,27,30,32)/b19-11+. The molecular formula is C24H21ClN4O2S. The van der Waals surface area contributed by atoms with Crippen molar-refractivity contribution in [2.24, 2.45) is 0 Å². The summed E-state index contributed by atoms with van der Waals surface area (Å²) in [5.41, 5.74) is 5.01. The van der Waals surface area contributed by atoms with E-state index in [0.717, 1.165) is 33.9 Å². The third kappa shape index (κ3) is 3.85. The van der Waals surface area contributed by atoms with E-state index in [0.29, 0.717) is 10.7 Å². The maximum atomic E-state index is 13.3. The second kappa shape index (κ2) is 8.33. The number of hydrogen-bond donors (Lipinski definition) is 1. The quantitative estimate of drug-likeness (QED) is 0.349. The molecule has 0 spiro atoms. The molecule has 3 aromatic rings. The number of aromatic nitrogens is 2. The Morgan fingerprint density at radius 2 is 1.81 bits per heavy atom. The predicted octanol–water partition coefficient (Wildman–Crippen LogP) is 4.59. The van der Waals surface area contributed by atoms with Gasteiger partial charge in [-0.15, -0.1) is 0 Å². The van der Waals surface area contributed by atoms with E-state index >= 15 is 0 Å². The number of carbonyl (C=O) groups excluding carboxylic acids is 2. The number of anilines is 1. The van der Waals surface area contributed by atoms with Gasteiger partial charge in [-0.05, 0) is 93.0 Å². The van der Waals surface area contributed by atoms with Crippen LogP contribution >= 0.6 is 23.8 Å². The molecule has 2 amide bonds. The van der Waals surface area contributed by atoms with Gasteiger partial charge >= 0.3 is 0 Å². The van der Waals surface area contributed by atoms with Crippen molar-refractivity contribution in [2.75, 3.05) is 4.90 Å². The van der Waals surface area contributed by atoms with E-state index in [1.807, 2.05) is 50.5 Å². The SMILES string of the molecule is Cc1ccnc(-n2c(C)cc(/C=C3\C(=O)NC(=S)N(c4ccc(C)c(Cl)c4)C3=O)c2C)c1. The lowest BCUT2D eigenvalue weighted by Gasteiger charge is -2.29. The Bertz CT molecular complexity index is 1330. The molecule has 0 radical (unpaired) electrons.